The molecule has 0 aliphatic carbocycles. The van der Waals surface area contributed by atoms with Crippen LogP contribution >= 0.6 is 15.9 Å². The highest BCUT2D eigenvalue weighted by Gasteiger charge is 2.06. The highest BCUT2D eigenvalue weighted by atomic mass is 79.9. The van der Waals surface area contributed by atoms with Gasteiger partial charge in [-0.15, -0.1) is 0 Å². The van der Waals surface area contributed by atoms with E-state index in [0.29, 0.717) is 11.4 Å². The fourth-order valence-corrected chi connectivity index (χ4v) is 2.52. The number of benzene rings is 2. The minimum Gasteiger partial charge on any atom is -0.497 e. The molecule has 0 spiro atoms. The number of hydrogen-bond donors (Lipinski definition) is 2. The van der Waals surface area contributed by atoms with Crippen molar-refractivity contribution in [2.24, 2.45) is 0 Å². The van der Waals surface area contributed by atoms with Crippen molar-refractivity contribution in [3.63, 3.8) is 0 Å². The van der Waals surface area contributed by atoms with E-state index in [1.165, 1.54) is 0 Å². The van der Waals surface area contributed by atoms with Crippen LogP contribution in [0.4, 0.5) is 0 Å². The number of hydrazine groups is 1. The van der Waals surface area contributed by atoms with Gasteiger partial charge in [-0.05, 0) is 70.4 Å². The Morgan fingerprint density at radius 2 is 1.88 bits per heavy atom. The minimum absolute atomic E-state index is 0.107. The number of carbonyl (C=O) groups excluding carboxylic acids is 1. The smallest absolute Gasteiger partial charge is 0.276 e. The maximum Gasteiger partial charge on any atom is 0.276 e. The van der Waals surface area contributed by atoms with Gasteiger partial charge >= 0.3 is 0 Å². The molecule has 0 heterocycles. The van der Waals surface area contributed by atoms with Crippen LogP contribution < -0.4 is 20.3 Å². The largest absolute Gasteiger partial charge is 0.497 e. The zero-order valence-electron chi connectivity index (χ0n) is 13.6. The summed E-state index contributed by atoms with van der Waals surface area (Å²) in [5.41, 5.74) is 7.85. The monoisotopic (exact) mass is 390 g/mol. The average Bonchev–Trinajstić information content (AvgIpc) is 2.59. The van der Waals surface area contributed by atoms with E-state index in [4.69, 9.17) is 9.47 Å². The highest BCUT2D eigenvalue weighted by Crippen LogP contribution is 2.25. The van der Waals surface area contributed by atoms with Crippen molar-refractivity contribution in [1.29, 1.82) is 0 Å². The van der Waals surface area contributed by atoms with Gasteiger partial charge in [0.05, 0.1) is 17.3 Å². The van der Waals surface area contributed by atoms with E-state index in [9.17, 15) is 4.79 Å². The van der Waals surface area contributed by atoms with Crippen LogP contribution in [0.2, 0.25) is 0 Å². The molecular formula is C18H19BrN2O3. The summed E-state index contributed by atoms with van der Waals surface area (Å²) in [5.74, 6) is 1.06. The molecule has 2 aromatic rings. The topological polar surface area (TPSA) is 59.6 Å². The Kier molecular flexibility index (Phi) is 6.26. The lowest BCUT2D eigenvalue weighted by Gasteiger charge is -2.13. The molecule has 0 bridgehead atoms. The zero-order valence-corrected chi connectivity index (χ0v) is 15.1. The second kappa shape index (κ2) is 8.40. The van der Waals surface area contributed by atoms with E-state index in [-0.39, 0.29) is 12.5 Å². The van der Waals surface area contributed by atoms with E-state index in [1.54, 1.807) is 7.11 Å². The van der Waals surface area contributed by atoms with E-state index in [1.807, 2.05) is 49.4 Å². The third-order valence-electron chi connectivity index (χ3n) is 3.24. The molecule has 126 valence electrons. The SMILES string of the molecule is C=C(NNC(=O)COc1ccc(C)cc1Br)c1ccc(OC)cc1. The van der Waals surface area contributed by atoms with Crippen molar-refractivity contribution in [3.8, 4) is 11.5 Å². The van der Waals surface area contributed by atoms with Crippen LogP contribution in [-0.4, -0.2) is 19.6 Å². The lowest BCUT2D eigenvalue weighted by molar-refractivity contribution is -0.123. The van der Waals surface area contributed by atoms with Gasteiger partial charge in [-0.2, -0.15) is 0 Å². The Morgan fingerprint density at radius 1 is 1.17 bits per heavy atom. The van der Waals surface area contributed by atoms with Crippen molar-refractivity contribution in [2.45, 2.75) is 6.92 Å². The fraction of sp³-hybridized carbons (Fsp3) is 0.167. The predicted molar refractivity (Wildman–Crippen MR) is 97.7 cm³/mol. The summed E-state index contributed by atoms with van der Waals surface area (Å²) in [6, 6.07) is 13.0. The average molecular weight is 391 g/mol. The first-order chi connectivity index (χ1) is 11.5. The number of methoxy groups -OCH3 is 1. The Morgan fingerprint density at radius 3 is 2.50 bits per heavy atom. The molecule has 0 aliphatic heterocycles. The summed E-state index contributed by atoms with van der Waals surface area (Å²) in [6.45, 7) is 5.76. The third kappa shape index (κ3) is 5.03. The number of aryl methyl sites for hydroxylation is 1. The highest BCUT2D eigenvalue weighted by molar-refractivity contribution is 9.10. The Bertz CT molecular complexity index is 730. The number of carbonyl (C=O) groups is 1. The first kappa shape index (κ1) is 17.9. The summed E-state index contributed by atoms with van der Waals surface area (Å²) in [4.78, 5) is 11.9. The molecule has 0 aromatic heterocycles. The standard InChI is InChI=1S/C18H19BrN2O3/c1-12-4-9-17(16(19)10-12)24-11-18(22)21-20-13(2)14-5-7-15(23-3)8-6-14/h4-10,20H,2,11H2,1,3H3,(H,21,22). The Labute approximate surface area is 149 Å². The molecule has 1 amide bonds. The van der Waals surface area contributed by atoms with Crippen LogP contribution in [0.25, 0.3) is 5.70 Å². The Hall–Kier alpha value is -2.47. The molecule has 2 N–H and O–H groups in total. The van der Waals surface area contributed by atoms with Crippen molar-refractivity contribution in [2.75, 3.05) is 13.7 Å². The van der Waals surface area contributed by atoms with E-state index >= 15 is 0 Å². The van der Waals surface area contributed by atoms with Gasteiger partial charge in [0, 0.05) is 0 Å². The molecule has 0 unspecified atom stereocenters. The third-order valence-corrected chi connectivity index (χ3v) is 3.86. The summed E-state index contributed by atoms with van der Waals surface area (Å²) >= 11 is 3.41. The molecule has 0 radical (unpaired) electrons. The van der Waals surface area contributed by atoms with Crippen molar-refractivity contribution >= 4 is 27.5 Å². The maximum atomic E-state index is 11.9. The lowest BCUT2D eigenvalue weighted by atomic mass is 10.2. The Balaban J connectivity index is 1.80. The van der Waals surface area contributed by atoms with Gasteiger partial charge < -0.3 is 9.47 Å². The number of nitrogens with one attached hydrogen (secondary N) is 2. The first-order valence-corrected chi connectivity index (χ1v) is 8.06. The van der Waals surface area contributed by atoms with Crippen LogP contribution in [0, 0.1) is 6.92 Å². The first-order valence-electron chi connectivity index (χ1n) is 7.26. The number of amides is 1. The molecule has 0 saturated carbocycles. The van der Waals surface area contributed by atoms with Gasteiger partial charge in [-0.1, -0.05) is 12.6 Å². The van der Waals surface area contributed by atoms with Gasteiger partial charge in [0.25, 0.3) is 5.91 Å². The van der Waals surface area contributed by atoms with Crippen LogP contribution in [0.5, 0.6) is 11.5 Å². The second-order valence-corrected chi connectivity index (χ2v) is 5.96. The van der Waals surface area contributed by atoms with Gasteiger partial charge in [-0.25, -0.2) is 0 Å². The van der Waals surface area contributed by atoms with Gasteiger partial charge in [-0.3, -0.25) is 15.6 Å². The molecule has 24 heavy (non-hydrogen) atoms. The molecule has 0 saturated heterocycles. The zero-order chi connectivity index (χ0) is 17.5. The molecule has 6 heteroatoms. The molecule has 5 nitrogen and oxygen atoms in total. The summed E-state index contributed by atoms with van der Waals surface area (Å²) in [7, 11) is 1.61. The molecular weight excluding hydrogens is 372 g/mol. The molecule has 0 aliphatic rings. The van der Waals surface area contributed by atoms with Crippen molar-refractivity contribution < 1.29 is 14.3 Å². The van der Waals surface area contributed by atoms with Gasteiger partial charge in [0.2, 0.25) is 0 Å². The number of halogens is 1. The minimum atomic E-state index is -0.308. The summed E-state index contributed by atoms with van der Waals surface area (Å²) in [6.07, 6.45) is 0. The summed E-state index contributed by atoms with van der Waals surface area (Å²) < 4.78 is 11.4. The quantitative estimate of drug-likeness (QED) is 0.710. The fourth-order valence-electron chi connectivity index (χ4n) is 1.91. The van der Waals surface area contributed by atoms with Crippen LogP contribution in [0.1, 0.15) is 11.1 Å². The van der Waals surface area contributed by atoms with Crippen LogP contribution in [0.3, 0.4) is 0 Å². The van der Waals surface area contributed by atoms with E-state index in [2.05, 4.69) is 33.4 Å². The lowest BCUT2D eigenvalue weighted by Crippen LogP contribution is -2.39. The van der Waals surface area contributed by atoms with Crippen molar-refractivity contribution in [3.05, 3.63) is 64.6 Å². The number of hydrogen-bond acceptors (Lipinski definition) is 4. The normalized spacial score (nSPS) is 9.96. The van der Waals surface area contributed by atoms with E-state index in [0.717, 1.165) is 21.3 Å². The van der Waals surface area contributed by atoms with Crippen LogP contribution in [0.15, 0.2) is 53.5 Å². The van der Waals surface area contributed by atoms with E-state index < -0.39 is 0 Å². The predicted octanol–water partition coefficient (Wildman–Crippen LogP) is 3.44. The molecule has 2 rings (SSSR count). The maximum absolute atomic E-state index is 11.9. The van der Waals surface area contributed by atoms with Gasteiger partial charge in [0.15, 0.2) is 6.61 Å². The summed E-state index contributed by atoms with van der Waals surface area (Å²) in [5, 5.41) is 0. The van der Waals surface area contributed by atoms with Gasteiger partial charge in [0.1, 0.15) is 11.5 Å². The molecule has 0 fully saturated rings. The van der Waals surface area contributed by atoms with Crippen LogP contribution in [-0.2, 0) is 4.79 Å². The number of ether oxygens (including phenoxy) is 2. The van der Waals surface area contributed by atoms with Crippen molar-refractivity contribution in [1.82, 2.24) is 10.9 Å². The second-order valence-electron chi connectivity index (χ2n) is 5.10. The number of rotatable bonds is 7. The molecule has 2 aromatic carbocycles. The molecule has 0 atom stereocenters.